The van der Waals surface area contributed by atoms with E-state index in [2.05, 4.69) is 14.8 Å². The minimum absolute atomic E-state index is 0.368. The van der Waals surface area contributed by atoms with E-state index in [-0.39, 0.29) is 0 Å². The Morgan fingerprint density at radius 2 is 2.00 bits per heavy atom. The van der Waals surface area contributed by atoms with Crippen LogP contribution in [0.1, 0.15) is 29.6 Å². The average molecular weight is 289 g/mol. The van der Waals surface area contributed by atoms with E-state index in [0.717, 1.165) is 51.3 Å². The fourth-order valence-electron chi connectivity index (χ4n) is 3.28. The van der Waals surface area contributed by atoms with Gasteiger partial charge in [0.1, 0.15) is 5.82 Å². The Morgan fingerprint density at radius 1 is 1.24 bits per heavy atom. The molecule has 2 saturated heterocycles. The number of piperidine rings is 1. The smallest absolute Gasteiger partial charge is 0.248 e. The predicted octanol–water partition coefficient (Wildman–Crippen LogP) is 0.182. The maximum atomic E-state index is 11.3. The van der Waals surface area contributed by atoms with E-state index in [9.17, 15) is 4.79 Å². The summed E-state index contributed by atoms with van der Waals surface area (Å²) in [6.45, 7) is 4.12. The van der Waals surface area contributed by atoms with Crippen molar-refractivity contribution >= 4 is 11.7 Å². The van der Waals surface area contributed by atoms with Crippen molar-refractivity contribution < 1.29 is 4.79 Å². The molecule has 2 aliphatic rings. The van der Waals surface area contributed by atoms with Gasteiger partial charge in [0.15, 0.2) is 0 Å². The van der Waals surface area contributed by atoms with Crippen LogP contribution in [0.15, 0.2) is 18.3 Å². The normalized spacial score (nSPS) is 24.4. The summed E-state index contributed by atoms with van der Waals surface area (Å²) in [5.41, 5.74) is 11.8. The number of aromatic nitrogens is 1. The molecule has 3 rings (SSSR count). The monoisotopic (exact) mass is 289 g/mol. The lowest BCUT2D eigenvalue weighted by Crippen LogP contribution is -2.46. The summed E-state index contributed by atoms with van der Waals surface area (Å²) in [7, 11) is 0. The van der Waals surface area contributed by atoms with Gasteiger partial charge in [0.2, 0.25) is 5.91 Å². The molecule has 6 heteroatoms. The quantitative estimate of drug-likeness (QED) is 0.829. The lowest BCUT2D eigenvalue weighted by molar-refractivity contribution is 0.1000. The highest BCUT2D eigenvalue weighted by atomic mass is 16.1. The minimum Gasteiger partial charge on any atom is -0.366 e. The van der Waals surface area contributed by atoms with Crippen molar-refractivity contribution in [3.05, 3.63) is 23.9 Å². The molecule has 4 N–H and O–H groups in total. The van der Waals surface area contributed by atoms with Crippen molar-refractivity contribution in [2.75, 3.05) is 31.1 Å². The van der Waals surface area contributed by atoms with Gasteiger partial charge in [-0.3, -0.25) is 9.69 Å². The molecule has 3 heterocycles. The Morgan fingerprint density at radius 3 is 2.71 bits per heavy atom. The number of anilines is 1. The number of nitrogens with zero attached hydrogens (tertiary/aromatic N) is 3. The van der Waals surface area contributed by atoms with Gasteiger partial charge in [0.25, 0.3) is 0 Å². The van der Waals surface area contributed by atoms with Gasteiger partial charge in [-0.2, -0.15) is 0 Å². The second-order valence-electron chi connectivity index (χ2n) is 6.03. The number of carbonyl (C=O) groups is 1. The van der Waals surface area contributed by atoms with Gasteiger partial charge in [0, 0.05) is 36.9 Å². The van der Waals surface area contributed by atoms with Gasteiger partial charge in [-0.25, -0.2) is 4.98 Å². The van der Waals surface area contributed by atoms with Gasteiger partial charge in [-0.05, 0) is 44.5 Å². The van der Waals surface area contributed by atoms with Crippen molar-refractivity contribution in [1.29, 1.82) is 0 Å². The van der Waals surface area contributed by atoms with Gasteiger partial charge >= 0.3 is 0 Å². The highest BCUT2D eigenvalue weighted by Crippen LogP contribution is 2.24. The van der Waals surface area contributed by atoms with E-state index in [1.165, 1.54) is 0 Å². The zero-order valence-corrected chi connectivity index (χ0v) is 12.2. The first-order valence-electron chi connectivity index (χ1n) is 7.64. The van der Waals surface area contributed by atoms with Gasteiger partial charge < -0.3 is 16.4 Å². The van der Waals surface area contributed by atoms with Crippen LogP contribution in [0.2, 0.25) is 0 Å². The number of hydrogen-bond acceptors (Lipinski definition) is 5. The molecular formula is C15H23N5O. The molecule has 0 spiro atoms. The standard InChI is InChI=1S/C15H23N5O/c16-12-2-6-19(7-3-12)13-4-8-20(10-13)14-9-11(15(17)21)1-5-18-14/h1,5,9,12-13H,2-4,6-8,10,16H2,(H2,17,21). The molecule has 2 aliphatic heterocycles. The fourth-order valence-corrected chi connectivity index (χ4v) is 3.28. The predicted molar refractivity (Wildman–Crippen MR) is 82.2 cm³/mol. The zero-order valence-electron chi connectivity index (χ0n) is 12.2. The molecule has 0 aliphatic carbocycles. The molecule has 1 aromatic heterocycles. The van der Waals surface area contributed by atoms with Crippen LogP contribution in [0.5, 0.6) is 0 Å². The average Bonchev–Trinajstić information content (AvgIpc) is 2.98. The Bertz CT molecular complexity index is 513. The minimum atomic E-state index is -0.403. The van der Waals surface area contributed by atoms with Crippen molar-refractivity contribution in [2.24, 2.45) is 11.5 Å². The number of rotatable bonds is 3. The number of amides is 1. The fraction of sp³-hybridized carbons (Fsp3) is 0.600. The van der Waals surface area contributed by atoms with Crippen LogP contribution >= 0.6 is 0 Å². The molecular weight excluding hydrogens is 266 g/mol. The molecule has 1 atom stereocenters. The summed E-state index contributed by atoms with van der Waals surface area (Å²) >= 11 is 0. The summed E-state index contributed by atoms with van der Waals surface area (Å²) in [4.78, 5) is 20.4. The topological polar surface area (TPSA) is 88.5 Å². The second kappa shape index (κ2) is 5.99. The SMILES string of the molecule is NC(=O)c1ccnc(N2CCC(N3CCC(N)CC3)C2)c1. The summed E-state index contributed by atoms with van der Waals surface area (Å²) < 4.78 is 0. The maximum absolute atomic E-state index is 11.3. The molecule has 0 saturated carbocycles. The zero-order chi connectivity index (χ0) is 14.8. The summed E-state index contributed by atoms with van der Waals surface area (Å²) in [6, 6.07) is 4.38. The van der Waals surface area contributed by atoms with Crippen molar-refractivity contribution in [3.8, 4) is 0 Å². The highest BCUT2D eigenvalue weighted by Gasteiger charge is 2.30. The van der Waals surface area contributed by atoms with E-state index >= 15 is 0 Å². The van der Waals surface area contributed by atoms with E-state index in [0.29, 0.717) is 17.6 Å². The molecule has 0 aromatic carbocycles. The number of hydrogen-bond donors (Lipinski definition) is 2. The molecule has 1 aromatic rings. The third-order valence-electron chi connectivity index (χ3n) is 4.61. The lowest BCUT2D eigenvalue weighted by atomic mass is 10.0. The van der Waals surface area contributed by atoms with Gasteiger partial charge in [0.05, 0.1) is 0 Å². The Hall–Kier alpha value is -1.66. The first-order valence-corrected chi connectivity index (χ1v) is 7.64. The number of likely N-dealkylation sites (tertiary alicyclic amines) is 1. The van der Waals surface area contributed by atoms with Crippen molar-refractivity contribution in [3.63, 3.8) is 0 Å². The van der Waals surface area contributed by atoms with Crippen LogP contribution in [-0.4, -0.2) is 54.1 Å². The van der Waals surface area contributed by atoms with Gasteiger partial charge in [-0.1, -0.05) is 0 Å². The Labute approximate surface area is 125 Å². The lowest BCUT2D eigenvalue weighted by Gasteiger charge is -2.34. The molecule has 1 unspecified atom stereocenters. The Balaban J connectivity index is 1.64. The number of nitrogens with two attached hydrogens (primary N) is 2. The number of pyridine rings is 1. The maximum Gasteiger partial charge on any atom is 0.248 e. The van der Waals surface area contributed by atoms with Gasteiger partial charge in [-0.15, -0.1) is 0 Å². The molecule has 114 valence electrons. The van der Waals surface area contributed by atoms with Crippen molar-refractivity contribution in [1.82, 2.24) is 9.88 Å². The van der Waals surface area contributed by atoms with Crippen LogP contribution in [-0.2, 0) is 0 Å². The van der Waals surface area contributed by atoms with E-state index in [1.54, 1.807) is 18.3 Å². The van der Waals surface area contributed by atoms with Crippen molar-refractivity contribution in [2.45, 2.75) is 31.3 Å². The third kappa shape index (κ3) is 3.16. The second-order valence-corrected chi connectivity index (χ2v) is 6.03. The molecule has 0 radical (unpaired) electrons. The van der Waals surface area contributed by atoms with E-state index < -0.39 is 5.91 Å². The summed E-state index contributed by atoms with van der Waals surface area (Å²) in [5.74, 6) is 0.446. The molecule has 6 nitrogen and oxygen atoms in total. The van der Waals surface area contributed by atoms with E-state index in [1.807, 2.05) is 0 Å². The number of carbonyl (C=O) groups excluding carboxylic acids is 1. The first-order chi connectivity index (χ1) is 10.1. The van der Waals surface area contributed by atoms with Crippen LogP contribution in [0.4, 0.5) is 5.82 Å². The van der Waals surface area contributed by atoms with Crippen LogP contribution in [0.3, 0.4) is 0 Å². The molecule has 21 heavy (non-hydrogen) atoms. The molecule has 1 amide bonds. The highest BCUT2D eigenvalue weighted by molar-refractivity contribution is 5.93. The van der Waals surface area contributed by atoms with Crippen LogP contribution in [0, 0.1) is 0 Å². The number of primary amides is 1. The summed E-state index contributed by atoms with van der Waals surface area (Å²) in [6.07, 6.45) is 4.97. The van der Waals surface area contributed by atoms with Crippen LogP contribution in [0.25, 0.3) is 0 Å². The molecule has 2 fully saturated rings. The molecule has 0 bridgehead atoms. The first kappa shape index (κ1) is 14.3. The van der Waals surface area contributed by atoms with Crippen LogP contribution < -0.4 is 16.4 Å². The summed E-state index contributed by atoms with van der Waals surface area (Å²) in [5, 5.41) is 0. The Kier molecular flexibility index (Phi) is 4.07. The van der Waals surface area contributed by atoms with E-state index in [4.69, 9.17) is 11.5 Å². The largest absolute Gasteiger partial charge is 0.366 e. The third-order valence-corrected chi connectivity index (χ3v) is 4.61.